The highest BCUT2D eigenvalue weighted by molar-refractivity contribution is 9.10. The molecule has 24 heavy (non-hydrogen) atoms. The van der Waals surface area contributed by atoms with Crippen molar-refractivity contribution in [3.63, 3.8) is 0 Å². The van der Waals surface area contributed by atoms with Gasteiger partial charge in [-0.1, -0.05) is 0 Å². The number of anilines is 3. The van der Waals surface area contributed by atoms with E-state index in [1.807, 2.05) is 0 Å². The maximum atomic E-state index is 13.1. The van der Waals surface area contributed by atoms with Gasteiger partial charge in [0.25, 0.3) is 0 Å². The number of hydrogen-bond acceptors (Lipinski definition) is 5. The molecule has 0 aliphatic carbocycles. The molecule has 0 radical (unpaired) electrons. The topological polar surface area (TPSA) is 70.1 Å². The van der Waals surface area contributed by atoms with Crippen molar-refractivity contribution in [3.8, 4) is 0 Å². The third-order valence-electron chi connectivity index (χ3n) is 2.83. The molecule has 2 rings (SSSR count). The first-order chi connectivity index (χ1) is 11.3. The van der Waals surface area contributed by atoms with E-state index in [9.17, 15) is 17.6 Å². The summed E-state index contributed by atoms with van der Waals surface area (Å²) in [5.41, 5.74) is -0.769. The molecule has 0 unspecified atom stereocenters. The molecular weight excluding hydrogens is 396 g/mol. The SMILES string of the molecule is OCCCNc1nc(Nc2ccc(F)cc2Br)cc(C(F)(F)F)n1. The number of nitrogens with zero attached hydrogens (tertiary/aromatic N) is 2. The van der Waals surface area contributed by atoms with Gasteiger partial charge in [-0.15, -0.1) is 0 Å². The molecule has 3 N–H and O–H groups in total. The predicted octanol–water partition coefficient (Wildman–Crippen LogP) is 3.93. The van der Waals surface area contributed by atoms with Crippen LogP contribution in [0.5, 0.6) is 0 Å². The first-order valence-corrected chi connectivity index (χ1v) is 7.62. The fourth-order valence-corrected chi connectivity index (χ4v) is 2.19. The molecule has 0 amide bonds. The summed E-state index contributed by atoms with van der Waals surface area (Å²) in [6.45, 7) is 0.108. The Labute approximate surface area is 143 Å². The second kappa shape index (κ2) is 7.75. The molecular formula is C14H13BrF4N4O. The Morgan fingerprint density at radius 2 is 1.92 bits per heavy atom. The standard InChI is InChI=1S/C14H13BrF4N4O/c15-9-6-8(16)2-3-10(9)21-12-7-11(14(17,18)19)22-13(23-12)20-4-1-5-24/h2-3,6-7,24H,1,4-5H2,(H2,20,21,22,23). The van der Waals surface area contributed by atoms with Gasteiger partial charge in [-0.25, -0.2) is 9.37 Å². The molecule has 0 saturated heterocycles. The molecule has 0 bridgehead atoms. The van der Waals surface area contributed by atoms with Crippen molar-refractivity contribution in [2.75, 3.05) is 23.8 Å². The van der Waals surface area contributed by atoms with Gasteiger partial charge in [-0.2, -0.15) is 18.2 Å². The summed E-state index contributed by atoms with van der Waals surface area (Å²) in [6, 6.07) is 4.47. The summed E-state index contributed by atoms with van der Waals surface area (Å²) in [7, 11) is 0. The minimum absolute atomic E-state index is 0.101. The van der Waals surface area contributed by atoms with E-state index in [0.29, 0.717) is 16.6 Å². The van der Waals surface area contributed by atoms with Crippen LogP contribution in [-0.2, 0) is 6.18 Å². The number of benzene rings is 1. The quantitative estimate of drug-likeness (QED) is 0.498. The van der Waals surface area contributed by atoms with Gasteiger partial charge in [-0.3, -0.25) is 0 Å². The van der Waals surface area contributed by atoms with Crippen molar-refractivity contribution in [1.29, 1.82) is 0 Å². The number of hydrogen-bond donors (Lipinski definition) is 3. The molecule has 1 heterocycles. The summed E-state index contributed by atoms with van der Waals surface area (Å²) in [5.74, 6) is -0.812. The second-order valence-corrected chi connectivity index (χ2v) is 5.57. The van der Waals surface area contributed by atoms with Crippen molar-refractivity contribution in [2.24, 2.45) is 0 Å². The molecule has 0 aliphatic heterocycles. The molecule has 0 spiro atoms. The number of aliphatic hydroxyl groups is 1. The zero-order valence-electron chi connectivity index (χ0n) is 12.2. The Morgan fingerprint density at radius 3 is 2.54 bits per heavy atom. The van der Waals surface area contributed by atoms with E-state index in [0.717, 1.165) is 6.07 Å². The fourth-order valence-electron chi connectivity index (χ4n) is 1.74. The van der Waals surface area contributed by atoms with Gasteiger partial charge in [0.15, 0.2) is 5.69 Å². The van der Waals surface area contributed by atoms with E-state index >= 15 is 0 Å². The molecule has 5 nitrogen and oxygen atoms in total. The minimum atomic E-state index is -4.65. The largest absolute Gasteiger partial charge is 0.433 e. The van der Waals surface area contributed by atoms with Crippen LogP contribution >= 0.6 is 15.9 Å². The summed E-state index contributed by atoms with van der Waals surface area (Å²) in [5, 5.41) is 14.0. The summed E-state index contributed by atoms with van der Waals surface area (Å²) in [4.78, 5) is 7.36. The van der Waals surface area contributed by atoms with Gasteiger partial charge in [-0.05, 0) is 40.5 Å². The van der Waals surface area contributed by atoms with Gasteiger partial charge in [0.2, 0.25) is 5.95 Å². The third-order valence-corrected chi connectivity index (χ3v) is 3.48. The van der Waals surface area contributed by atoms with Crippen molar-refractivity contribution in [2.45, 2.75) is 12.6 Å². The summed E-state index contributed by atoms with van der Waals surface area (Å²) in [6.07, 6.45) is -4.31. The van der Waals surface area contributed by atoms with E-state index in [4.69, 9.17) is 5.11 Å². The second-order valence-electron chi connectivity index (χ2n) is 4.71. The molecule has 10 heteroatoms. The van der Waals surface area contributed by atoms with Gasteiger partial charge < -0.3 is 15.7 Å². The molecule has 2 aromatic rings. The van der Waals surface area contributed by atoms with Crippen molar-refractivity contribution < 1.29 is 22.7 Å². The molecule has 1 aromatic carbocycles. The average Bonchev–Trinajstić information content (AvgIpc) is 2.49. The van der Waals surface area contributed by atoms with Crippen LogP contribution in [0.1, 0.15) is 12.1 Å². The molecule has 0 aliphatic rings. The monoisotopic (exact) mass is 408 g/mol. The Bertz CT molecular complexity index is 712. The van der Waals surface area contributed by atoms with Gasteiger partial charge in [0.05, 0.1) is 5.69 Å². The number of halogens is 5. The smallest absolute Gasteiger partial charge is 0.396 e. The number of rotatable bonds is 6. The van der Waals surface area contributed by atoms with E-state index < -0.39 is 17.7 Å². The number of aliphatic hydroxyl groups excluding tert-OH is 1. The van der Waals surface area contributed by atoms with Crippen molar-refractivity contribution >= 4 is 33.4 Å². The third kappa shape index (κ3) is 5.03. The lowest BCUT2D eigenvalue weighted by Crippen LogP contribution is -2.14. The lowest BCUT2D eigenvalue weighted by atomic mass is 10.3. The van der Waals surface area contributed by atoms with Crippen LogP contribution in [0.15, 0.2) is 28.7 Å². The molecule has 0 saturated carbocycles. The normalized spacial score (nSPS) is 11.4. The number of aromatic nitrogens is 2. The number of alkyl halides is 3. The molecule has 0 fully saturated rings. The van der Waals surface area contributed by atoms with E-state index in [-0.39, 0.29) is 24.9 Å². The minimum Gasteiger partial charge on any atom is -0.396 e. The zero-order valence-corrected chi connectivity index (χ0v) is 13.7. The van der Waals surface area contributed by atoms with Crippen LogP contribution in [0.3, 0.4) is 0 Å². The number of nitrogens with one attached hydrogen (secondary N) is 2. The van der Waals surface area contributed by atoms with Crippen LogP contribution < -0.4 is 10.6 Å². The van der Waals surface area contributed by atoms with Crippen LogP contribution in [0.4, 0.5) is 35.0 Å². The Balaban J connectivity index is 2.31. The van der Waals surface area contributed by atoms with E-state index in [2.05, 4.69) is 36.5 Å². The lowest BCUT2D eigenvalue weighted by Gasteiger charge is -2.13. The highest BCUT2D eigenvalue weighted by Gasteiger charge is 2.33. The van der Waals surface area contributed by atoms with Crippen LogP contribution in [0.25, 0.3) is 0 Å². The predicted molar refractivity (Wildman–Crippen MR) is 84.6 cm³/mol. The van der Waals surface area contributed by atoms with E-state index in [1.54, 1.807) is 0 Å². The Morgan fingerprint density at radius 1 is 1.17 bits per heavy atom. The van der Waals surface area contributed by atoms with Crippen molar-refractivity contribution in [1.82, 2.24) is 9.97 Å². The molecule has 1 aromatic heterocycles. The summed E-state index contributed by atoms with van der Waals surface area (Å²) >= 11 is 3.12. The fraction of sp³-hybridized carbons (Fsp3) is 0.286. The molecule has 0 atom stereocenters. The summed E-state index contributed by atoms with van der Waals surface area (Å²) < 4.78 is 52.3. The highest BCUT2D eigenvalue weighted by Crippen LogP contribution is 2.31. The molecule has 130 valence electrons. The van der Waals surface area contributed by atoms with Crippen molar-refractivity contribution in [3.05, 3.63) is 40.2 Å². The maximum absolute atomic E-state index is 13.1. The lowest BCUT2D eigenvalue weighted by molar-refractivity contribution is -0.141. The van der Waals surface area contributed by atoms with Crippen LogP contribution in [0, 0.1) is 5.82 Å². The Hall–Kier alpha value is -1.94. The highest BCUT2D eigenvalue weighted by atomic mass is 79.9. The maximum Gasteiger partial charge on any atom is 0.433 e. The van der Waals surface area contributed by atoms with Gasteiger partial charge in [0.1, 0.15) is 11.6 Å². The van der Waals surface area contributed by atoms with E-state index in [1.165, 1.54) is 18.2 Å². The first-order valence-electron chi connectivity index (χ1n) is 6.82. The first kappa shape index (κ1) is 18.4. The average molecular weight is 409 g/mol. The zero-order chi connectivity index (χ0) is 17.7. The van der Waals surface area contributed by atoms with Gasteiger partial charge in [0, 0.05) is 23.7 Å². The van der Waals surface area contributed by atoms with Crippen LogP contribution in [0.2, 0.25) is 0 Å². The van der Waals surface area contributed by atoms with Crippen LogP contribution in [-0.4, -0.2) is 28.2 Å². The Kier molecular flexibility index (Phi) is 5.94. The van der Waals surface area contributed by atoms with Gasteiger partial charge >= 0.3 is 6.18 Å².